The minimum absolute atomic E-state index is 0.218. The smallest absolute Gasteiger partial charge is 0.323 e. The van der Waals surface area contributed by atoms with Gasteiger partial charge in [-0.25, -0.2) is 18.3 Å². The van der Waals surface area contributed by atoms with E-state index < -0.39 is 11.6 Å². The normalized spacial score (nSPS) is 15.0. The second-order valence-corrected chi connectivity index (χ2v) is 6.71. The van der Waals surface area contributed by atoms with E-state index in [9.17, 15) is 18.4 Å². The van der Waals surface area contributed by atoms with E-state index in [2.05, 4.69) is 10.4 Å². The quantitative estimate of drug-likeness (QED) is 0.892. The van der Waals surface area contributed by atoms with Crippen molar-refractivity contribution in [3.8, 4) is 0 Å². The van der Waals surface area contributed by atoms with Crippen LogP contribution in [0.15, 0.2) is 35.1 Å². The minimum Gasteiger partial charge on any atom is -0.324 e. The molecule has 2 aromatic rings. The maximum Gasteiger partial charge on any atom is 0.323 e. The summed E-state index contributed by atoms with van der Waals surface area (Å²) in [5, 5.41) is 6.80. The summed E-state index contributed by atoms with van der Waals surface area (Å²) in [5.41, 5.74) is 0.423. The van der Waals surface area contributed by atoms with Crippen LogP contribution in [-0.2, 0) is 13.0 Å². The van der Waals surface area contributed by atoms with Crippen molar-refractivity contribution in [2.45, 2.75) is 32.7 Å². The van der Waals surface area contributed by atoms with E-state index in [1.54, 1.807) is 11.8 Å². The summed E-state index contributed by atoms with van der Waals surface area (Å²) in [5.74, 6) is -0.528. The average molecular weight is 376 g/mol. The Labute approximate surface area is 155 Å². The zero-order chi connectivity index (χ0) is 19.4. The number of piperidine rings is 1. The predicted octanol–water partition coefficient (Wildman–Crippen LogP) is 3.03. The number of rotatable bonds is 4. The Bertz CT molecular complexity index is 856. The summed E-state index contributed by atoms with van der Waals surface area (Å²) in [6, 6.07) is 6.17. The van der Waals surface area contributed by atoms with E-state index in [4.69, 9.17) is 0 Å². The van der Waals surface area contributed by atoms with Crippen LogP contribution in [0.1, 0.15) is 25.3 Å². The maximum absolute atomic E-state index is 13.3. The number of nitrogens with zero attached hydrogens (tertiary/aromatic N) is 3. The average Bonchev–Trinajstić information content (AvgIpc) is 2.63. The van der Waals surface area contributed by atoms with Crippen molar-refractivity contribution < 1.29 is 13.6 Å². The Hall–Kier alpha value is -2.77. The molecule has 6 nitrogen and oxygen atoms in total. The van der Waals surface area contributed by atoms with E-state index in [0.29, 0.717) is 37.4 Å². The minimum atomic E-state index is -0.567. The molecule has 0 spiro atoms. The first-order valence-electron chi connectivity index (χ1n) is 9.03. The Morgan fingerprint density at radius 1 is 1.19 bits per heavy atom. The van der Waals surface area contributed by atoms with Gasteiger partial charge in [0, 0.05) is 31.8 Å². The lowest BCUT2D eigenvalue weighted by Crippen LogP contribution is -2.41. The topological polar surface area (TPSA) is 67.2 Å². The fourth-order valence-electron chi connectivity index (χ4n) is 3.33. The predicted molar refractivity (Wildman–Crippen MR) is 97.5 cm³/mol. The van der Waals surface area contributed by atoms with Crippen LogP contribution < -0.4 is 10.9 Å². The lowest BCUT2D eigenvalue weighted by atomic mass is 9.90. The highest BCUT2D eigenvalue weighted by Gasteiger charge is 2.23. The zero-order valence-electron chi connectivity index (χ0n) is 15.1. The molecule has 1 aromatic heterocycles. The first kappa shape index (κ1) is 19.0. The van der Waals surface area contributed by atoms with Crippen molar-refractivity contribution in [1.29, 1.82) is 0 Å². The van der Waals surface area contributed by atoms with E-state index in [1.807, 2.05) is 0 Å². The van der Waals surface area contributed by atoms with E-state index in [1.165, 1.54) is 28.9 Å². The Kier molecular flexibility index (Phi) is 5.83. The Morgan fingerprint density at radius 3 is 2.48 bits per heavy atom. The van der Waals surface area contributed by atoms with Crippen LogP contribution in [0.3, 0.4) is 0 Å². The number of anilines is 1. The number of hydrogen-bond acceptors (Lipinski definition) is 3. The van der Waals surface area contributed by atoms with Gasteiger partial charge in [0.15, 0.2) is 5.82 Å². The van der Waals surface area contributed by atoms with E-state index in [0.717, 1.165) is 18.9 Å². The lowest BCUT2D eigenvalue weighted by Gasteiger charge is -2.32. The summed E-state index contributed by atoms with van der Waals surface area (Å²) in [4.78, 5) is 25.6. The molecule has 8 heteroatoms. The summed E-state index contributed by atoms with van der Waals surface area (Å²) in [7, 11) is 0. The van der Waals surface area contributed by atoms with Crippen LogP contribution in [-0.4, -0.2) is 33.8 Å². The number of aromatic nitrogens is 2. The standard InChI is InChI=1S/C19H22F2N4O2/c1-2-25-18(26)4-3-17(23-25)22-19(27)24-7-5-13(6-8-24)9-14-10-15(20)12-16(21)11-14/h3-4,10-13H,2,5-9H2,1H3,(H,22,23,27). The molecular formula is C19H22F2N4O2. The largest absolute Gasteiger partial charge is 0.324 e. The molecule has 1 saturated heterocycles. The molecule has 0 bridgehead atoms. The number of urea groups is 1. The van der Waals surface area contributed by atoms with Gasteiger partial charge in [-0.15, -0.1) is 0 Å². The van der Waals surface area contributed by atoms with Gasteiger partial charge in [0.2, 0.25) is 0 Å². The van der Waals surface area contributed by atoms with Crippen LogP contribution in [0, 0.1) is 17.6 Å². The number of aryl methyl sites for hydroxylation is 1. The maximum atomic E-state index is 13.3. The van der Waals surface area contributed by atoms with Gasteiger partial charge in [-0.2, -0.15) is 5.10 Å². The van der Waals surface area contributed by atoms with Gasteiger partial charge >= 0.3 is 6.03 Å². The number of amides is 2. The highest BCUT2D eigenvalue weighted by Crippen LogP contribution is 2.23. The number of carbonyl (C=O) groups excluding carboxylic acids is 1. The van der Waals surface area contributed by atoms with Crippen molar-refractivity contribution >= 4 is 11.8 Å². The molecule has 27 heavy (non-hydrogen) atoms. The monoisotopic (exact) mass is 376 g/mol. The van der Waals surface area contributed by atoms with Gasteiger partial charge in [-0.1, -0.05) is 0 Å². The molecule has 2 amide bonds. The highest BCUT2D eigenvalue weighted by atomic mass is 19.1. The van der Waals surface area contributed by atoms with Gasteiger partial charge in [-0.3, -0.25) is 10.1 Å². The molecule has 0 unspecified atom stereocenters. The van der Waals surface area contributed by atoms with Crippen molar-refractivity contribution in [1.82, 2.24) is 14.7 Å². The van der Waals surface area contributed by atoms with Crippen LogP contribution in [0.2, 0.25) is 0 Å². The van der Waals surface area contributed by atoms with Crippen LogP contribution in [0.5, 0.6) is 0 Å². The Morgan fingerprint density at radius 2 is 1.85 bits per heavy atom. The molecule has 3 rings (SSSR count). The van der Waals surface area contributed by atoms with E-state index in [-0.39, 0.29) is 17.5 Å². The zero-order valence-corrected chi connectivity index (χ0v) is 15.1. The first-order valence-corrected chi connectivity index (χ1v) is 9.03. The van der Waals surface area contributed by atoms with Gasteiger partial charge in [0.1, 0.15) is 11.6 Å². The number of carbonyl (C=O) groups is 1. The van der Waals surface area contributed by atoms with Crippen LogP contribution >= 0.6 is 0 Å². The van der Waals surface area contributed by atoms with Crippen LogP contribution in [0.25, 0.3) is 0 Å². The number of halogens is 2. The molecule has 0 radical (unpaired) electrons. The molecule has 0 aliphatic carbocycles. The third kappa shape index (κ3) is 4.90. The molecule has 144 valence electrons. The van der Waals surface area contributed by atoms with Gasteiger partial charge < -0.3 is 4.90 Å². The Balaban J connectivity index is 1.54. The van der Waals surface area contributed by atoms with Crippen molar-refractivity contribution in [3.63, 3.8) is 0 Å². The number of nitrogens with one attached hydrogen (secondary N) is 1. The first-order chi connectivity index (χ1) is 12.9. The second-order valence-electron chi connectivity index (χ2n) is 6.71. The van der Waals surface area contributed by atoms with Crippen molar-refractivity contribution in [3.05, 3.63) is 57.9 Å². The molecule has 1 fully saturated rings. The molecule has 0 atom stereocenters. The molecule has 0 saturated carbocycles. The molecular weight excluding hydrogens is 354 g/mol. The summed E-state index contributed by atoms with van der Waals surface area (Å²) >= 11 is 0. The third-order valence-electron chi connectivity index (χ3n) is 4.75. The molecule has 1 aliphatic heterocycles. The molecule has 2 heterocycles. The summed E-state index contributed by atoms with van der Waals surface area (Å²) in [6.07, 6.45) is 2.11. The summed E-state index contributed by atoms with van der Waals surface area (Å²) in [6.45, 7) is 3.34. The fourth-order valence-corrected chi connectivity index (χ4v) is 3.33. The van der Waals surface area contributed by atoms with Gasteiger partial charge in [-0.05, 0) is 55.9 Å². The number of hydrogen-bond donors (Lipinski definition) is 1. The number of likely N-dealkylation sites (tertiary alicyclic amines) is 1. The fraction of sp³-hybridized carbons (Fsp3) is 0.421. The van der Waals surface area contributed by atoms with Crippen LogP contribution in [0.4, 0.5) is 19.4 Å². The van der Waals surface area contributed by atoms with E-state index >= 15 is 0 Å². The molecule has 1 N–H and O–H groups in total. The van der Waals surface area contributed by atoms with Gasteiger partial charge in [0.05, 0.1) is 0 Å². The summed E-state index contributed by atoms with van der Waals surface area (Å²) < 4.78 is 27.9. The number of benzene rings is 1. The highest BCUT2D eigenvalue weighted by molar-refractivity contribution is 5.88. The van der Waals surface area contributed by atoms with Crippen molar-refractivity contribution in [2.24, 2.45) is 5.92 Å². The van der Waals surface area contributed by atoms with Gasteiger partial charge in [0.25, 0.3) is 5.56 Å². The third-order valence-corrected chi connectivity index (χ3v) is 4.75. The molecule has 1 aliphatic rings. The SMILES string of the molecule is CCn1nc(NC(=O)N2CCC(Cc3cc(F)cc(F)c3)CC2)ccc1=O. The molecule has 1 aromatic carbocycles. The second kappa shape index (κ2) is 8.28. The lowest BCUT2D eigenvalue weighted by molar-refractivity contribution is 0.182. The van der Waals surface area contributed by atoms with Crippen molar-refractivity contribution in [2.75, 3.05) is 18.4 Å².